The van der Waals surface area contributed by atoms with Crippen molar-refractivity contribution in [3.05, 3.63) is 21.9 Å². The standard InChI is InChI=1S/C14H23N3O2S.HI/c1-4-11-6-7-12(20-11)10-17-14(15-5-2)16-9-8-13(18)19-3;/h6-7H,4-5,8-10H2,1-3H3,(H2,15,16,17);1H. The third kappa shape index (κ3) is 8.25. The molecule has 0 bridgehead atoms. The van der Waals surface area contributed by atoms with Gasteiger partial charge in [-0.25, -0.2) is 4.99 Å². The molecule has 1 heterocycles. The summed E-state index contributed by atoms with van der Waals surface area (Å²) in [7, 11) is 1.39. The molecule has 0 spiro atoms. The highest BCUT2D eigenvalue weighted by Crippen LogP contribution is 2.17. The van der Waals surface area contributed by atoms with Gasteiger partial charge in [0.05, 0.1) is 20.1 Å². The van der Waals surface area contributed by atoms with Crippen molar-refractivity contribution in [2.75, 3.05) is 20.2 Å². The lowest BCUT2D eigenvalue weighted by Crippen LogP contribution is -2.38. The molecule has 21 heavy (non-hydrogen) atoms. The van der Waals surface area contributed by atoms with Crippen molar-refractivity contribution in [1.82, 2.24) is 10.6 Å². The van der Waals surface area contributed by atoms with Crippen LogP contribution in [0.3, 0.4) is 0 Å². The van der Waals surface area contributed by atoms with E-state index in [0.717, 1.165) is 18.9 Å². The van der Waals surface area contributed by atoms with Crippen LogP contribution in [0.1, 0.15) is 30.0 Å². The molecular weight excluding hydrogens is 401 g/mol. The van der Waals surface area contributed by atoms with Crippen molar-refractivity contribution < 1.29 is 9.53 Å². The summed E-state index contributed by atoms with van der Waals surface area (Å²) in [4.78, 5) is 18.2. The maximum Gasteiger partial charge on any atom is 0.307 e. The highest BCUT2D eigenvalue weighted by molar-refractivity contribution is 14.0. The average Bonchev–Trinajstić information content (AvgIpc) is 2.92. The van der Waals surface area contributed by atoms with Gasteiger partial charge in [0.25, 0.3) is 0 Å². The topological polar surface area (TPSA) is 62.7 Å². The fraction of sp³-hybridized carbons (Fsp3) is 0.571. The molecule has 0 amide bonds. The molecule has 0 aliphatic heterocycles. The van der Waals surface area contributed by atoms with Gasteiger partial charge in [0.1, 0.15) is 0 Å². The predicted octanol–water partition coefficient (Wildman–Crippen LogP) is 2.55. The molecule has 0 aliphatic rings. The minimum Gasteiger partial charge on any atom is -0.469 e. The number of carbonyl (C=O) groups is 1. The van der Waals surface area contributed by atoms with E-state index in [9.17, 15) is 4.79 Å². The number of carbonyl (C=O) groups excluding carboxylic acids is 1. The smallest absolute Gasteiger partial charge is 0.307 e. The predicted molar refractivity (Wildman–Crippen MR) is 98.6 cm³/mol. The Hall–Kier alpha value is -0.830. The van der Waals surface area contributed by atoms with Crippen LogP contribution in [-0.4, -0.2) is 32.1 Å². The van der Waals surface area contributed by atoms with Crippen LogP contribution in [0.2, 0.25) is 0 Å². The van der Waals surface area contributed by atoms with E-state index in [0.29, 0.717) is 19.5 Å². The van der Waals surface area contributed by atoms with Crippen molar-refractivity contribution in [3.8, 4) is 0 Å². The quantitative estimate of drug-likeness (QED) is 0.305. The van der Waals surface area contributed by atoms with Gasteiger partial charge in [-0.1, -0.05) is 6.92 Å². The van der Waals surface area contributed by atoms with E-state index in [1.807, 2.05) is 6.92 Å². The number of esters is 1. The molecule has 5 nitrogen and oxygen atoms in total. The van der Waals surface area contributed by atoms with Gasteiger partial charge in [0.15, 0.2) is 5.96 Å². The van der Waals surface area contributed by atoms with E-state index in [1.54, 1.807) is 11.3 Å². The van der Waals surface area contributed by atoms with Crippen molar-refractivity contribution in [3.63, 3.8) is 0 Å². The minimum absolute atomic E-state index is 0. The third-order valence-electron chi connectivity index (χ3n) is 2.65. The van der Waals surface area contributed by atoms with Crippen LogP contribution in [0.4, 0.5) is 0 Å². The Kier molecular flexibility index (Phi) is 11.3. The van der Waals surface area contributed by atoms with Crippen LogP contribution >= 0.6 is 35.3 Å². The molecule has 0 fully saturated rings. The Morgan fingerprint density at radius 1 is 1.29 bits per heavy atom. The van der Waals surface area contributed by atoms with E-state index < -0.39 is 0 Å². The van der Waals surface area contributed by atoms with Crippen LogP contribution in [0.5, 0.6) is 0 Å². The number of guanidine groups is 1. The number of ether oxygens (including phenoxy) is 1. The van der Waals surface area contributed by atoms with Gasteiger partial charge in [-0.2, -0.15) is 0 Å². The summed E-state index contributed by atoms with van der Waals surface area (Å²) in [6.45, 7) is 6.12. The Bertz CT molecular complexity index is 449. The summed E-state index contributed by atoms with van der Waals surface area (Å²) >= 11 is 1.79. The van der Waals surface area contributed by atoms with Gasteiger partial charge in [0, 0.05) is 22.8 Å². The van der Waals surface area contributed by atoms with Gasteiger partial charge in [-0.15, -0.1) is 35.3 Å². The number of hydrogen-bond acceptors (Lipinski definition) is 4. The monoisotopic (exact) mass is 425 g/mol. The van der Waals surface area contributed by atoms with Crippen molar-refractivity contribution in [2.45, 2.75) is 33.2 Å². The first kappa shape index (κ1) is 20.2. The maximum absolute atomic E-state index is 11.0. The lowest BCUT2D eigenvalue weighted by Gasteiger charge is -2.10. The number of halogens is 1. The average molecular weight is 425 g/mol. The fourth-order valence-electron chi connectivity index (χ4n) is 1.58. The van der Waals surface area contributed by atoms with Crippen molar-refractivity contribution in [1.29, 1.82) is 0 Å². The molecule has 7 heteroatoms. The van der Waals surface area contributed by atoms with Gasteiger partial charge in [-0.05, 0) is 25.5 Å². The second-order valence-electron chi connectivity index (χ2n) is 4.17. The van der Waals surface area contributed by atoms with E-state index >= 15 is 0 Å². The molecule has 0 atom stereocenters. The lowest BCUT2D eigenvalue weighted by atomic mass is 10.4. The first-order valence-electron chi connectivity index (χ1n) is 6.86. The summed E-state index contributed by atoms with van der Waals surface area (Å²) in [6.07, 6.45) is 1.39. The van der Waals surface area contributed by atoms with Gasteiger partial charge in [-0.3, -0.25) is 4.79 Å². The molecule has 2 N–H and O–H groups in total. The van der Waals surface area contributed by atoms with E-state index in [2.05, 4.69) is 39.4 Å². The Balaban J connectivity index is 0.00000400. The second-order valence-corrected chi connectivity index (χ2v) is 5.42. The minimum atomic E-state index is -0.223. The zero-order valence-corrected chi connectivity index (χ0v) is 15.9. The number of hydrogen-bond donors (Lipinski definition) is 2. The first-order chi connectivity index (χ1) is 9.69. The molecule has 0 radical (unpaired) electrons. The highest BCUT2D eigenvalue weighted by atomic mass is 127. The maximum atomic E-state index is 11.0. The number of aryl methyl sites for hydroxylation is 1. The number of aliphatic imine (C=N–C) groups is 1. The molecule has 1 aromatic heterocycles. The molecule has 0 saturated carbocycles. The zero-order valence-electron chi connectivity index (χ0n) is 12.8. The number of rotatable bonds is 7. The third-order valence-corrected chi connectivity index (χ3v) is 3.87. The van der Waals surface area contributed by atoms with Crippen molar-refractivity contribution in [2.24, 2.45) is 4.99 Å². The van der Waals surface area contributed by atoms with E-state index in [-0.39, 0.29) is 29.9 Å². The van der Waals surface area contributed by atoms with E-state index in [4.69, 9.17) is 0 Å². The first-order valence-corrected chi connectivity index (χ1v) is 7.67. The molecule has 1 rings (SSSR count). The molecule has 0 aliphatic carbocycles. The fourth-order valence-corrected chi connectivity index (χ4v) is 2.46. The molecular formula is C14H24IN3O2S. The number of nitrogens with zero attached hydrogens (tertiary/aromatic N) is 1. The molecule has 0 saturated heterocycles. The SMILES string of the molecule is CCNC(=NCc1ccc(CC)s1)NCCC(=O)OC.I. The highest BCUT2D eigenvalue weighted by Gasteiger charge is 2.02. The molecule has 120 valence electrons. The molecule has 0 aromatic carbocycles. The van der Waals surface area contributed by atoms with Crippen LogP contribution in [0.25, 0.3) is 0 Å². The normalized spacial score (nSPS) is 10.7. The molecule has 0 unspecified atom stereocenters. The summed E-state index contributed by atoms with van der Waals surface area (Å²) in [5, 5.41) is 6.28. The summed E-state index contributed by atoms with van der Waals surface area (Å²) in [5.41, 5.74) is 0. The largest absolute Gasteiger partial charge is 0.469 e. The second kappa shape index (κ2) is 11.8. The van der Waals surface area contributed by atoms with E-state index in [1.165, 1.54) is 16.9 Å². The molecule has 1 aromatic rings. The number of thiophene rings is 1. The van der Waals surface area contributed by atoms with Crippen LogP contribution < -0.4 is 10.6 Å². The van der Waals surface area contributed by atoms with Crippen LogP contribution in [-0.2, 0) is 22.5 Å². The lowest BCUT2D eigenvalue weighted by molar-refractivity contribution is -0.140. The Morgan fingerprint density at radius 3 is 2.57 bits per heavy atom. The van der Waals surface area contributed by atoms with Gasteiger partial charge in [0.2, 0.25) is 0 Å². The summed E-state index contributed by atoms with van der Waals surface area (Å²) < 4.78 is 4.60. The summed E-state index contributed by atoms with van der Waals surface area (Å²) in [6, 6.07) is 4.26. The van der Waals surface area contributed by atoms with Crippen LogP contribution in [0.15, 0.2) is 17.1 Å². The van der Waals surface area contributed by atoms with Gasteiger partial charge < -0.3 is 15.4 Å². The zero-order chi connectivity index (χ0) is 14.8. The number of methoxy groups -OCH3 is 1. The van der Waals surface area contributed by atoms with Gasteiger partial charge >= 0.3 is 5.97 Å². The van der Waals surface area contributed by atoms with Crippen molar-refractivity contribution >= 4 is 47.2 Å². The Labute approximate surface area is 147 Å². The Morgan fingerprint density at radius 2 is 2.00 bits per heavy atom. The number of nitrogens with one attached hydrogen (secondary N) is 2. The summed E-state index contributed by atoms with van der Waals surface area (Å²) in [5.74, 6) is 0.502. The van der Waals surface area contributed by atoms with Crippen LogP contribution in [0, 0.1) is 0 Å².